The molecule has 0 saturated carbocycles. The summed E-state index contributed by atoms with van der Waals surface area (Å²) in [5, 5.41) is 3.10. The van der Waals surface area contributed by atoms with Crippen molar-refractivity contribution in [1.82, 2.24) is 0 Å². The summed E-state index contributed by atoms with van der Waals surface area (Å²) in [5.41, 5.74) is -0.846. The number of methoxy groups -OCH3 is 1. The van der Waals surface area contributed by atoms with E-state index in [1.54, 1.807) is 0 Å². The fourth-order valence-electron chi connectivity index (χ4n) is 4.46. The van der Waals surface area contributed by atoms with E-state index in [9.17, 15) is 9.59 Å². The van der Waals surface area contributed by atoms with Gasteiger partial charge in [0.1, 0.15) is 0 Å². The van der Waals surface area contributed by atoms with Crippen molar-refractivity contribution in [1.29, 1.82) is 0 Å². The Labute approximate surface area is 185 Å². The maximum absolute atomic E-state index is 13.7. The topological polar surface area (TPSA) is 43.4 Å². The number of carbonyl (C=O) groups excluding carboxylic acids is 2. The number of unbranched alkanes of at least 4 members (excludes halogenated alkanes) is 2. The summed E-state index contributed by atoms with van der Waals surface area (Å²) in [5.74, 6) is -0.465. The van der Waals surface area contributed by atoms with Crippen LogP contribution in [0.1, 0.15) is 32.6 Å². The minimum atomic E-state index is -3.08. The normalized spacial score (nSPS) is 12.7. The molecule has 0 N–H and O–H groups in total. The quantitative estimate of drug-likeness (QED) is 0.206. The molecule has 3 aromatic rings. The Morgan fingerprint density at radius 3 is 1.52 bits per heavy atom. The molecule has 0 bridgehead atoms. The van der Waals surface area contributed by atoms with Gasteiger partial charge in [-0.15, -0.1) is 0 Å². The third-order valence-electron chi connectivity index (χ3n) is 5.91. The Morgan fingerprint density at radius 1 is 0.742 bits per heavy atom. The molecule has 3 rings (SSSR count). The predicted molar refractivity (Wildman–Crippen MR) is 131 cm³/mol. The molecule has 31 heavy (non-hydrogen) atoms. The SMILES string of the molecule is CCCCCC(=O)C(C(=O)OC)[PH](c1ccccc1)(c1ccccc1)c1ccccc1. The maximum atomic E-state index is 13.7. The van der Waals surface area contributed by atoms with Crippen LogP contribution in [-0.4, -0.2) is 24.5 Å². The van der Waals surface area contributed by atoms with Crippen LogP contribution in [0.2, 0.25) is 0 Å². The van der Waals surface area contributed by atoms with Gasteiger partial charge in [0.2, 0.25) is 0 Å². The molecule has 1 unspecified atom stereocenters. The Hall–Kier alpha value is -2.77. The standard InChI is InChI=1S/C27H31O3P/c1-3-4-8-21-25(28)26(27(29)30-2)31(22-15-9-5-10-16-22,23-17-11-6-12-18-23)24-19-13-7-14-20-24/h5-7,9-20,26,31H,3-4,8,21H2,1-2H3. The molecule has 162 valence electrons. The van der Waals surface area contributed by atoms with E-state index in [0.717, 1.165) is 35.2 Å². The van der Waals surface area contributed by atoms with Gasteiger partial charge in [0.15, 0.2) is 0 Å². The molecule has 3 aromatic carbocycles. The van der Waals surface area contributed by atoms with Crippen molar-refractivity contribution in [2.45, 2.75) is 38.3 Å². The molecule has 0 heterocycles. The summed E-state index contributed by atoms with van der Waals surface area (Å²) < 4.78 is 5.29. The molecule has 1 atom stereocenters. The van der Waals surface area contributed by atoms with Gasteiger partial charge in [-0.3, -0.25) is 0 Å². The molecule has 0 aromatic heterocycles. The van der Waals surface area contributed by atoms with Crippen LogP contribution in [-0.2, 0) is 14.3 Å². The van der Waals surface area contributed by atoms with Crippen molar-refractivity contribution in [3.8, 4) is 0 Å². The Kier molecular flexibility index (Phi) is 8.14. The van der Waals surface area contributed by atoms with Gasteiger partial charge in [0.25, 0.3) is 0 Å². The van der Waals surface area contributed by atoms with Crippen molar-refractivity contribution in [2.24, 2.45) is 0 Å². The Morgan fingerprint density at radius 2 is 1.16 bits per heavy atom. The third kappa shape index (κ3) is 4.78. The predicted octanol–water partition coefficient (Wildman–Crippen LogP) is 4.40. The summed E-state index contributed by atoms with van der Waals surface area (Å²) in [4.78, 5) is 27.1. The zero-order chi connectivity index (χ0) is 22.1. The number of carbonyl (C=O) groups is 2. The van der Waals surface area contributed by atoms with E-state index in [-0.39, 0.29) is 5.78 Å². The molecular weight excluding hydrogens is 403 g/mol. The number of hydrogen-bond acceptors (Lipinski definition) is 3. The first-order valence-corrected chi connectivity index (χ1v) is 13.0. The van der Waals surface area contributed by atoms with Crippen LogP contribution >= 0.6 is 7.26 Å². The van der Waals surface area contributed by atoms with Crippen LogP contribution in [0.25, 0.3) is 0 Å². The van der Waals surface area contributed by atoms with E-state index in [4.69, 9.17) is 4.74 Å². The van der Waals surface area contributed by atoms with Gasteiger partial charge >= 0.3 is 186 Å². The van der Waals surface area contributed by atoms with E-state index in [0.29, 0.717) is 6.42 Å². The number of esters is 1. The van der Waals surface area contributed by atoms with Crippen LogP contribution in [0.5, 0.6) is 0 Å². The van der Waals surface area contributed by atoms with Crippen LogP contribution < -0.4 is 15.9 Å². The molecular formula is C27H31O3P. The zero-order valence-corrected chi connectivity index (χ0v) is 19.3. The number of Topliss-reactive ketones (excluding diaryl/α,β-unsaturated/α-hetero) is 1. The third-order valence-corrected chi connectivity index (χ3v) is 11.1. The molecule has 0 aliphatic heterocycles. The number of ketones is 1. The van der Waals surface area contributed by atoms with Crippen LogP contribution in [0, 0.1) is 0 Å². The average molecular weight is 435 g/mol. The van der Waals surface area contributed by atoms with Gasteiger partial charge < -0.3 is 0 Å². The van der Waals surface area contributed by atoms with E-state index in [1.807, 2.05) is 54.6 Å². The molecule has 0 saturated heterocycles. The van der Waals surface area contributed by atoms with E-state index in [1.165, 1.54) is 7.11 Å². The van der Waals surface area contributed by atoms with Crippen LogP contribution in [0.15, 0.2) is 91.0 Å². The van der Waals surface area contributed by atoms with Crippen molar-refractivity contribution in [2.75, 3.05) is 7.11 Å². The number of hydrogen-bond donors (Lipinski definition) is 0. The average Bonchev–Trinajstić information content (AvgIpc) is 2.83. The molecule has 0 amide bonds. The number of benzene rings is 3. The van der Waals surface area contributed by atoms with Crippen molar-refractivity contribution >= 4 is 34.9 Å². The van der Waals surface area contributed by atoms with Gasteiger partial charge in [-0.2, -0.15) is 0 Å². The van der Waals surface area contributed by atoms with Crippen molar-refractivity contribution in [3.63, 3.8) is 0 Å². The second-order valence-electron chi connectivity index (χ2n) is 7.79. The molecule has 0 spiro atoms. The van der Waals surface area contributed by atoms with Gasteiger partial charge in [-0.25, -0.2) is 0 Å². The number of ether oxygens (including phenoxy) is 1. The second kappa shape index (κ2) is 11.0. The van der Waals surface area contributed by atoms with E-state index < -0.39 is 18.9 Å². The summed E-state index contributed by atoms with van der Waals surface area (Å²) in [6, 6.07) is 30.2. The van der Waals surface area contributed by atoms with E-state index >= 15 is 0 Å². The fourth-order valence-corrected chi connectivity index (χ4v) is 9.72. The summed E-state index contributed by atoms with van der Waals surface area (Å²) >= 11 is 0. The second-order valence-corrected chi connectivity index (χ2v) is 11.7. The van der Waals surface area contributed by atoms with Gasteiger partial charge in [-0.1, -0.05) is 0 Å². The molecule has 0 aliphatic carbocycles. The summed E-state index contributed by atoms with van der Waals surface area (Å²) in [6.07, 6.45) is 3.16. The van der Waals surface area contributed by atoms with Gasteiger partial charge in [0, 0.05) is 0 Å². The Balaban J connectivity index is 2.34. The molecule has 4 heteroatoms. The van der Waals surface area contributed by atoms with Crippen LogP contribution in [0.4, 0.5) is 0 Å². The van der Waals surface area contributed by atoms with E-state index in [2.05, 4.69) is 43.3 Å². The summed E-state index contributed by atoms with van der Waals surface area (Å²) in [7, 11) is -1.70. The molecule has 3 nitrogen and oxygen atoms in total. The first-order chi connectivity index (χ1) is 15.2. The van der Waals surface area contributed by atoms with Crippen molar-refractivity contribution < 1.29 is 14.3 Å². The van der Waals surface area contributed by atoms with Gasteiger partial charge in [-0.05, 0) is 0 Å². The molecule has 0 radical (unpaired) electrons. The van der Waals surface area contributed by atoms with Crippen LogP contribution in [0.3, 0.4) is 0 Å². The zero-order valence-electron chi connectivity index (χ0n) is 18.3. The monoisotopic (exact) mass is 434 g/mol. The Bertz CT molecular complexity index is 874. The minimum absolute atomic E-state index is 0.0245. The summed E-state index contributed by atoms with van der Waals surface area (Å²) in [6.45, 7) is 2.11. The molecule has 0 fully saturated rings. The number of rotatable bonds is 10. The first kappa shape index (κ1) is 22.9. The van der Waals surface area contributed by atoms with Crippen molar-refractivity contribution in [3.05, 3.63) is 91.0 Å². The first-order valence-electron chi connectivity index (χ1n) is 10.9. The molecule has 0 aliphatic rings. The van der Waals surface area contributed by atoms with Gasteiger partial charge in [0.05, 0.1) is 0 Å². The fraction of sp³-hybridized carbons (Fsp3) is 0.259.